The molecule has 0 unspecified atom stereocenters. The number of carbonyl (C=O) groups is 2. The minimum Gasteiger partial charge on any atom is -0.494 e. The lowest BCUT2D eigenvalue weighted by molar-refractivity contribution is -0.121. The summed E-state index contributed by atoms with van der Waals surface area (Å²) in [6, 6.07) is 18.5. The number of amidine groups is 1. The molecular formula is C29H28FN3O5S. The molecule has 0 aromatic heterocycles. The molecular weight excluding hydrogens is 521 g/mol. The normalized spacial score (nSPS) is 17.4. The van der Waals surface area contributed by atoms with E-state index in [9.17, 15) is 14.0 Å². The van der Waals surface area contributed by atoms with Crippen molar-refractivity contribution < 1.29 is 28.2 Å². The van der Waals surface area contributed by atoms with Gasteiger partial charge in [0.25, 0.3) is 0 Å². The Labute approximate surface area is 230 Å². The Kier molecular flexibility index (Phi) is 8.31. The minimum absolute atomic E-state index is 0.0211. The maximum absolute atomic E-state index is 13.6. The Hall–Kier alpha value is -4.05. The van der Waals surface area contributed by atoms with Gasteiger partial charge in [-0.2, -0.15) is 0 Å². The van der Waals surface area contributed by atoms with Gasteiger partial charge >= 0.3 is 0 Å². The van der Waals surface area contributed by atoms with Crippen molar-refractivity contribution in [3.05, 3.63) is 78.1 Å². The van der Waals surface area contributed by atoms with E-state index in [1.54, 1.807) is 24.3 Å². The van der Waals surface area contributed by atoms with Gasteiger partial charge < -0.3 is 19.5 Å². The first kappa shape index (κ1) is 26.6. The van der Waals surface area contributed by atoms with E-state index >= 15 is 0 Å². The molecule has 0 bridgehead atoms. The Morgan fingerprint density at radius 1 is 1.10 bits per heavy atom. The van der Waals surface area contributed by atoms with E-state index in [0.717, 1.165) is 17.7 Å². The molecule has 2 aliphatic heterocycles. The van der Waals surface area contributed by atoms with Crippen molar-refractivity contribution in [3.63, 3.8) is 0 Å². The van der Waals surface area contributed by atoms with Crippen molar-refractivity contribution in [1.82, 2.24) is 0 Å². The van der Waals surface area contributed by atoms with Gasteiger partial charge in [-0.25, -0.2) is 4.39 Å². The summed E-state index contributed by atoms with van der Waals surface area (Å²) in [4.78, 5) is 32.6. The molecule has 39 heavy (non-hydrogen) atoms. The summed E-state index contributed by atoms with van der Waals surface area (Å²) in [6.07, 6.45) is 1.48. The number of amides is 2. The molecule has 0 spiro atoms. The molecule has 2 heterocycles. The maximum Gasteiger partial charge on any atom is 0.238 e. The highest BCUT2D eigenvalue weighted by Gasteiger charge is 2.36. The predicted molar refractivity (Wildman–Crippen MR) is 149 cm³/mol. The van der Waals surface area contributed by atoms with E-state index in [1.807, 2.05) is 25.1 Å². The number of thioether (sulfide) groups is 1. The van der Waals surface area contributed by atoms with Crippen LogP contribution in [0.15, 0.2) is 71.7 Å². The Balaban J connectivity index is 1.31. The molecule has 5 rings (SSSR count). The lowest BCUT2D eigenvalue weighted by Crippen LogP contribution is -2.45. The second-order valence-electron chi connectivity index (χ2n) is 8.98. The second kappa shape index (κ2) is 12.2. The van der Waals surface area contributed by atoms with Crippen LogP contribution >= 0.6 is 11.8 Å². The molecule has 202 valence electrons. The zero-order valence-electron chi connectivity index (χ0n) is 21.4. The first-order valence-corrected chi connectivity index (χ1v) is 13.6. The highest BCUT2D eigenvalue weighted by molar-refractivity contribution is 8.15. The first-order valence-electron chi connectivity index (χ1n) is 12.7. The van der Waals surface area contributed by atoms with Crippen molar-refractivity contribution in [2.24, 2.45) is 4.99 Å². The number of hydrogen-bond donors (Lipinski definition) is 1. The van der Waals surface area contributed by atoms with E-state index in [2.05, 4.69) is 5.32 Å². The summed E-state index contributed by atoms with van der Waals surface area (Å²) in [6.45, 7) is 3.23. The molecule has 1 fully saturated rings. The van der Waals surface area contributed by atoms with Gasteiger partial charge in [-0.1, -0.05) is 24.8 Å². The van der Waals surface area contributed by atoms with Gasteiger partial charge in [0.1, 0.15) is 16.8 Å². The number of nitrogens with one attached hydrogen (secondary N) is 1. The minimum atomic E-state index is -0.672. The molecule has 10 heteroatoms. The summed E-state index contributed by atoms with van der Waals surface area (Å²) in [5.41, 5.74) is 2.11. The van der Waals surface area contributed by atoms with Gasteiger partial charge in [0.15, 0.2) is 16.7 Å². The molecule has 1 atom stereocenters. The number of nitrogens with zero attached hydrogens (tertiary/aromatic N) is 2. The average molecular weight is 550 g/mol. The SMILES string of the molecule is CCCOc1ccc(NC(=O)[C@H]2CC(=O)N(c3ccc(F)cc3)C(=NCCc3ccc4c(c3)OCO4)S2)cc1. The monoisotopic (exact) mass is 549 g/mol. The third-order valence-electron chi connectivity index (χ3n) is 6.10. The summed E-state index contributed by atoms with van der Waals surface area (Å²) < 4.78 is 30.0. The second-order valence-corrected chi connectivity index (χ2v) is 10.2. The van der Waals surface area contributed by atoms with Crippen LogP contribution in [0.1, 0.15) is 25.3 Å². The lowest BCUT2D eigenvalue weighted by atomic mass is 10.1. The van der Waals surface area contributed by atoms with Crippen molar-refractivity contribution >= 4 is 40.1 Å². The van der Waals surface area contributed by atoms with E-state index in [4.69, 9.17) is 19.2 Å². The standard InChI is InChI=1S/C29H28FN3O5S/c1-2-15-36-23-10-6-21(7-11-23)32-28(35)26-17-27(34)33(22-8-4-20(30)5-9-22)29(39-26)31-14-13-19-3-12-24-25(16-19)38-18-37-24/h3-12,16,26H,2,13-15,17-18H2,1H3,(H,32,35)/t26-/m1/s1. The number of carbonyl (C=O) groups excluding carboxylic acids is 2. The van der Waals surface area contributed by atoms with Gasteiger partial charge in [0, 0.05) is 18.7 Å². The zero-order valence-corrected chi connectivity index (χ0v) is 22.2. The molecule has 1 saturated heterocycles. The molecule has 8 nitrogen and oxygen atoms in total. The number of halogens is 1. The number of anilines is 2. The molecule has 2 amide bonds. The number of hydrogen-bond acceptors (Lipinski definition) is 7. The highest BCUT2D eigenvalue weighted by atomic mass is 32.2. The summed E-state index contributed by atoms with van der Waals surface area (Å²) in [5, 5.41) is 2.61. The Morgan fingerprint density at radius 2 is 1.87 bits per heavy atom. The molecule has 3 aromatic carbocycles. The van der Waals surface area contributed by atoms with Crippen molar-refractivity contribution in [1.29, 1.82) is 0 Å². The molecule has 0 aliphatic carbocycles. The Morgan fingerprint density at radius 3 is 2.64 bits per heavy atom. The van der Waals surface area contributed by atoms with Crippen LogP contribution in [0, 0.1) is 5.82 Å². The molecule has 2 aliphatic rings. The van der Waals surface area contributed by atoms with E-state index < -0.39 is 11.1 Å². The van der Waals surface area contributed by atoms with E-state index in [-0.39, 0.29) is 25.0 Å². The fourth-order valence-corrected chi connectivity index (χ4v) is 5.26. The molecule has 0 radical (unpaired) electrons. The third kappa shape index (κ3) is 6.51. The van der Waals surface area contributed by atoms with Crippen LogP contribution in [-0.4, -0.2) is 42.2 Å². The van der Waals surface area contributed by atoms with Crippen LogP contribution in [0.3, 0.4) is 0 Å². The molecule has 0 saturated carbocycles. The summed E-state index contributed by atoms with van der Waals surface area (Å²) >= 11 is 1.22. The summed E-state index contributed by atoms with van der Waals surface area (Å²) in [7, 11) is 0. The van der Waals surface area contributed by atoms with Crippen LogP contribution in [0.2, 0.25) is 0 Å². The van der Waals surface area contributed by atoms with Crippen LogP contribution < -0.4 is 24.4 Å². The Bertz CT molecular complexity index is 1360. The predicted octanol–water partition coefficient (Wildman–Crippen LogP) is 5.42. The van der Waals surface area contributed by atoms with Crippen LogP contribution in [-0.2, 0) is 16.0 Å². The largest absolute Gasteiger partial charge is 0.494 e. The quantitative estimate of drug-likeness (QED) is 0.384. The lowest BCUT2D eigenvalue weighted by Gasteiger charge is -2.32. The van der Waals surface area contributed by atoms with Gasteiger partial charge in [0.05, 0.1) is 12.3 Å². The van der Waals surface area contributed by atoms with Crippen LogP contribution in [0.25, 0.3) is 0 Å². The molecule has 3 aromatic rings. The van der Waals surface area contributed by atoms with Crippen molar-refractivity contribution in [2.45, 2.75) is 31.4 Å². The van der Waals surface area contributed by atoms with Crippen molar-refractivity contribution in [3.8, 4) is 17.2 Å². The maximum atomic E-state index is 13.6. The van der Waals surface area contributed by atoms with Gasteiger partial charge in [0.2, 0.25) is 18.6 Å². The molecule has 1 N–H and O–H groups in total. The smallest absolute Gasteiger partial charge is 0.238 e. The summed E-state index contributed by atoms with van der Waals surface area (Å²) in [5.74, 6) is 1.14. The average Bonchev–Trinajstić information content (AvgIpc) is 3.41. The van der Waals surface area contributed by atoms with Gasteiger partial charge in [-0.15, -0.1) is 0 Å². The zero-order chi connectivity index (χ0) is 27.2. The fourth-order valence-electron chi connectivity index (χ4n) is 4.13. The van der Waals surface area contributed by atoms with Gasteiger partial charge in [-0.3, -0.25) is 19.5 Å². The highest BCUT2D eigenvalue weighted by Crippen LogP contribution is 2.34. The number of ether oxygens (including phenoxy) is 3. The first-order chi connectivity index (χ1) is 19.0. The number of aliphatic imine (C=N–C) groups is 1. The van der Waals surface area contributed by atoms with Crippen molar-refractivity contribution in [2.75, 3.05) is 30.2 Å². The van der Waals surface area contributed by atoms with E-state index in [0.29, 0.717) is 47.6 Å². The number of rotatable bonds is 9. The fraction of sp³-hybridized carbons (Fsp3) is 0.276. The van der Waals surface area contributed by atoms with Gasteiger partial charge in [-0.05, 0) is 79.1 Å². The van der Waals surface area contributed by atoms with Crippen LogP contribution in [0.5, 0.6) is 17.2 Å². The number of fused-ring (bicyclic) bond motifs is 1. The topological polar surface area (TPSA) is 89.5 Å². The van der Waals surface area contributed by atoms with E-state index in [1.165, 1.54) is 40.9 Å². The third-order valence-corrected chi connectivity index (χ3v) is 7.29. The van der Waals surface area contributed by atoms with Crippen LogP contribution in [0.4, 0.5) is 15.8 Å². The number of benzene rings is 3.